The minimum atomic E-state index is -0.342. The first-order valence-corrected chi connectivity index (χ1v) is 5.85. The van der Waals surface area contributed by atoms with Crippen LogP contribution >= 0.6 is 0 Å². The second-order valence-electron chi connectivity index (χ2n) is 4.26. The Hall–Kier alpha value is -1.88. The summed E-state index contributed by atoms with van der Waals surface area (Å²) in [6, 6.07) is 6.97. The van der Waals surface area contributed by atoms with Crippen molar-refractivity contribution in [2.45, 2.75) is 13.0 Å². The van der Waals surface area contributed by atoms with E-state index >= 15 is 0 Å². The number of benzene rings is 1. The van der Waals surface area contributed by atoms with Gasteiger partial charge in [0.05, 0.1) is 6.04 Å². The number of Topliss-reactive ketones (excluding diaryl/α,β-unsaturated/α-hetero) is 1. The first-order valence-electron chi connectivity index (χ1n) is 5.85. The molecule has 0 bridgehead atoms. The molecule has 96 valence electrons. The van der Waals surface area contributed by atoms with Crippen LogP contribution in [0.5, 0.6) is 0 Å². The summed E-state index contributed by atoms with van der Waals surface area (Å²) in [4.78, 5) is 24.5. The van der Waals surface area contributed by atoms with Gasteiger partial charge in [-0.05, 0) is 38.2 Å². The molecule has 0 spiro atoms. The Morgan fingerprint density at radius 2 is 2.11 bits per heavy atom. The highest BCUT2D eigenvalue weighted by Gasteiger charge is 2.33. The summed E-state index contributed by atoms with van der Waals surface area (Å²) < 4.78 is 5.04. The predicted molar refractivity (Wildman–Crippen MR) is 68.0 cm³/mol. The Kier molecular flexibility index (Phi) is 3.62. The number of nitrogens with one attached hydrogen (secondary N) is 1. The molecule has 1 N–H and O–H groups in total. The summed E-state index contributed by atoms with van der Waals surface area (Å²) in [5, 5.41) is 3.03. The van der Waals surface area contributed by atoms with Crippen LogP contribution in [0.2, 0.25) is 0 Å². The number of likely N-dealkylation sites (N-methyl/N-ethyl adjacent to an activating group) is 1. The molecule has 1 fully saturated rings. The number of carbonyl (C=O) groups is 2. The fourth-order valence-electron chi connectivity index (χ4n) is 2.02. The minimum absolute atomic E-state index is 0.00863. The summed E-state index contributed by atoms with van der Waals surface area (Å²) in [5.41, 5.74) is 1.39. The lowest BCUT2D eigenvalue weighted by atomic mass is 10.1. The molecule has 0 radical (unpaired) electrons. The quantitative estimate of drug-likeness (QED) is 0.819. The molecular formula is C13H16N2O3. The maximum Gasteiger partial charge on any atom is 0.414 e. The summed E-state index contributed by atoms with van der Waals surface area (Å²) in [5.74, 6) is 0.0114. The number of nitrogens with zero attached hydrogens (tertiary/aromatic N) is 1. The fourth-order valence-corrected chi connectivity index (χ4v) is 2.02. The highest BCUT2D eigenvalue weighted by atomic mass is 16.6. The summed E-state index contributed by atoms with van der Waals surface area (Å²) in [6.45, 7) is 2.57. The molecule has 1 saturated heterocycles. The molecule has 5 heteroatoms. The van der Waals surface area contributed by atoms with Crippen molar-refractivity contribution in [2.24, 2.45) is 0 Å². The van der Waals surface area contributed by atoms with Crippen molar-refractivity contribution in [1.29, 1.82) is 0 Å². The second kappa shape index (κ2) is 5.18. The van der Waals surface area contributed by atoms with Gasteiger partial charge in [0.25, 0.3) is 0 Å². The largest absolute Gasteiger partial charge is 0.447 e. The van der Waals surface area contributed by atoms with Crippen molar-refractivity contribution in [1.82, 2.24) is 5.32 Å². The maximum absolute atomic E-state index is 11.7. The number of carbonyl (C=O) groups excluding carboxylic acids is 2. The number of rotatable bonds is 4. The Bertz CT molecular complexity index is 456. The zero-order chi connectivity index (χ0) is 13.1. The van der Waals surface area contributed by atoms with Gasteiger partial charge < -0.3 is 10.1 Å². The van der Waals surface area contributed by atoms with Crippen molar-refractivity contribution in [3.63, 3.8) is 0 Å². The molecular weight excluding hydrogens is 232 g/mol. The molecule has 18 heavy (non-hydrogen) atoms. The van der Waals surface area contributed by atoms with E-state index in [-0.39, 0.29) is 17.9 Å². The molecule has 1 aromatic carbocycles. The van der Waals surface area contributed by atoms with Crippen molar-refractivity contribution in [3.05, 3.63) is 29.8 Å². The smallest absolute Gasteiger partial charge is 0.414 e. The fraction of sp³-hybridized carbons (Fsp3) is 0.385. The average molecular weight is 248 g/mol. The number of amides is 1. The van der Waals surface area contributed by atoms with E-state index < -0.39 is 0 Å². The van der Waals surface area contributed by atoms with E-state index in [0.29, 0.717) is 18.7 Å². The van der Waals surface area contributed by atoms with Crippen LogP contribution in [-0.4, -0.2) is 38.1 Å². The molecule has 1 aromatic rings. The molecule has 1 aliphatic heterocycles. The van der Waals surface area contributed by atoms with Crippen LogP contribution in [0, 0.1) is 0 Å². The Morgan fingerprint density at radius 1 is 1.44 bits per heavy atom. The molecule has 1 unspecified atom stereocenters. The molecule has 0 aromatic heterocycles. The van der Waals surface area contributed by atoms with Crippen LogP contribution < -0.4 is 10.2 Å². The zero-order valence-electron chi connectivity index (χ0n) is 10.5. The van der Waals surface area contributed by atoms with Gasteiger partial charge in [-0.1, -0.05) is 0 Å². The highest BCUT2D eigenvalue weighted by molar-refractivity contribution is 5.95. The number of ether oxygens (including phenoxy) is 1. The lowest BCUT2D eigenvalue weighted by Gasteiger charge is -2.21. The van der Waals surface area contributed by atoms with E-state index in [0.717, 1.165) is 5.69 Å². The Labute approximate surface area is 106 Å². The molecule has 0 aliphatic carbocycles. The molecule has 1 aliphatic rings. The van der Waals surface area contributed by atoms with Crippen LogP contribution in [0.3, 0.4) is 0 Å². The van der Waals surface area contributed by atoms with E-state index in [2.05, 4.69) is 5.32 Å². The van der Waals surface area contributed by atoms with E-state index in [9.17, 15) is 9.59 Å². The monoisotopic (exact) mass is 248 g/mol. The van der Waals surface area contributed by atoms with Gasteiger partial charge >= 0.3 is 6.09 Å². The number of anilines is 1. The first kappa shape index (κ1) is 12.6. The van der Waals surface area contributed by atoms with Gasteiger partial charge in [0, 0.05) is 17.8 Å². The number of ketones is 1. The van der Waals surface area contributed by atoms with Gasteiger partial charge in [-0.2, -0.15) is 0 Å². The zero-order valence-corrected chi connectivity index (χ0v) is 10.5. The maximum atomic E-state index is 11.7. The number of hydrogen-bond acceptors (Lipinski definition) is 4. The van der Waals surface area contributed by atoms with Crippen molar-refractivity contribution < 1.29 is 14.3 Å². The van der Waals surface area contributed by atoms with Gasteiger partial charge in [-0.3, -0.25) is 9.69 Å². The third kappa shape index (κ3) is 2.36. The van der Waals surface area contributed by atoms with Crippen molar-refractivity contribution >= 4 is 17.6 Å². The van der Waals surface area contributed by atoms with E-state index in [1.54, 1.807) is 29.2 Å². The molecule has 1 atom stereocenters. The Morgan fingerprint density at radius 3 is 2.67 bits per heavy atom. The van der Waals surface area contributed by atoms with E-state index in [1.165, 1.54) is 6.92 Å². The molecule has 0 saturated carbocycles. The third-order valence-corrected chi connectivity index (χ3v) is 2.95. The van der Waals surface area contributed by atoms with Crippen LogP contribution in [0.4, 0.5) is 10.5 Å². The van der Waals surface area contributed by atoms with Crippen molar-refractivity contribution in [2.75, 3.05) is 25.1 Å². The van der Waals surface area contributed by atoms with Gasteiger partial charge in [0.1, 0.15) is 6.61 Å². The van der Waals surface area contributed by atoms with Gasteiger partial charge in [-0.15, -0.1) is 0 Å². The summed E-state index contributed by atoms with van der Waals surface area (Å²) in [7, 11) is 1.83. The highest BCUT2D eigenvalue weighted by Crippen LogP contribution is 2.23. The molecule has 5 nitrogen and oxygen atoms in total. The number of hydrogen-bond donors (Lipinski definition) is 1. The predicted octanol–water partition coefficient (Wildman–Crippen LogP) is 1.43. The van der Waals surface area contributed by atoms with Gasteiger partial charge in [-0.25, -0.2) is 4.79 Å². The van der Waals surface area contributed by atoms with Crippen molar-refractivity contribution in [3.8, 4) is 0 Å². The normalized spacial score (nSPS) is 18.9. The third-order valence-electron chi connectivity index (χ3n) is 2.95. The average Bonchev–Trinajstić information content (AvgIpc) is 2.71. The summed E-state index contributed by atoms with van der Waals surface area (Å²) >= 11 is 0. The standard InChI is InChI=1S/C13H16N2O3/c1-9(16)10-3-5-11(6-4-10)15-12(7-14-2)8-18-13(15)17/h3-6,12,14H,7-8H2,1-2H3. The topological polar surface area (TPSA) is 58.6 Å². The first-order chi connectivity index (χ1) is 8.63. The van der Waals surface area contributed by atoms with Crippen LogP contribution in [0.1, 0.15) is 17.3 Å². The number of cyclic esters (lactones) is 1. The minimum Gasteiger partial charge on any atom is -0.447 e. The summed E-state index contributed by atoms with van der Waals surface area (Å²) in [6.07, 6.45) is -0.342. The lowest BCUT2D eigenvalue weighted by Crippen LogP contribution is -2.40. The molecule has 1 heterocycles. The van der Waals surface area contributed by atoms with Crippen LogP contribution in [-0.2, 0) is 4.74 Å². The lowest BCUT2D eigenvalue weighted by molar-refractivity contribution is 0.101. The van der Waals surface area contributed by atoms with Crippen LogP contribution in [0.15, 0.2) is 24.3 Å². The van der Waals surface area contributed by atoms with Crippen LogP contribution in [0.25, 0.3) is 0 Å². The van der Waals surface area contributed by atoms with Gasteiger partial charge in [0.15, 0.2) is 5.78 Å². The Balaban J connectivity index is 2.23. The van der Waals surface area contributed by atoms with E-state index in [1.807, 2.05) is 7.05 Å². The van der Waals surface area contributed by atoms with E-state index in [4.69, 9.17) is 4.74 Å². The SMILES string of the molecule is CNCC1COC(=O)N1c1ccc(C(C)=O)cc1. The van der Waals surface area contributed by atoms with Gasteiger partial charge in [0.2, 0.25) is 0 Å². The molecule has 2 rings (SSSR count). The molecule has 1 amide bonds. The second-order valence-corrected chi connectivity index (χ2v) is 4.26.